The van der Waals surface area contributed by atoms with Crippen molar-refractivity contribution in [3.63, 3.8) is 0 Å². The molecule has 0 N–H and O–H groups in total. The molecule has 0 amide bonds. The first-order valence-electron chi connectivity index (χ1n) is 5.61. The second-order valence-corrected chi connectivity index (χ2v) is 4.39. The summed E-state index contributed by atoms with van der Waals surface area (Å²) in [7, 11) is 0. The summed E-state index contributed by atoms with van der Waals surface area (Å²) in [6, 6.07) is 6.97. The van der Waals surface area contributed by atoms with E-state index in [-0.39, 0.29) is 11.6 Å². The van der Waals surface area contributed by atoms with E-state index >= 15 is 0 Å². The van der Waals surface area contributed by atoms with E-state index in [4.69, 9.17) is 0 Å². The van der Waals surface area contributed by atoms with Gasteiger partial charge in [-0.25, -0.2) is 0 Å². The van der Waals surface area contributed by atoms with Crippen LogP contribution in [0, 0.1) is 0 Å². The van der Waals surface area contributed by atoms with Gasteiger partial charge in [0, 0.05) is 16.7 Å². The van der Waals surface area contributed by atoms with Crippen molar-refractivity contribution < 1.29 is 9.59 Å². The summed E-state index contributed by atoms with van der Waals surface area (Å²) in [5, 5.41) is 0. The summed E-state index contributed by atoms with van der Waals surface area (Å²) in [6.45, 7) is 3.95. The zero-order valence-corrected chi connectivity index (χ0v) is 9.99. The lowest BCUT2D eigenvalue weighted by molar-refractivity contribution is 0.0983. The highest BCUT2D eigenvalue weighted by Crippen LogP contribution is 2.23. The average molecular weight is 226 g/mol. The molecule has 2 nitrogen and oxygen atoms in total. The Labute approximate surface area is 101 Å². The van der Waals surface area contributed by atoms with Crippen molar-refractivity contribution in [2.75, 3.05) is 0 Å². The highest BCUT2D eigenvalue weighted by molar-refractivity contribution is 6.24. The van der Waals surface area contributed by atoms with Crippen LogP contribution in [0.15, 0.2) is 47.6 Å². The summed E-state index contributed by atoms with van der Waals surface area (Å²) in [5.74, 6) is -0.102. The van der Waals surface area contributed by atoms with Crippen molar-refractivity contribution >= 4 is 11.6 Å². The highest BCUT2D eigenvalue weighted by atomic mass is 16.1. The molecule has 1 aromatic rings. The second kappa shape index (κ2) is 4.50. The predicted molar refractivity (Wildman–Crippen MR) is 67.2 cm³/mol. The Balaban J connectivity index is 2.38. The molecular weight excluding hydrogens is 212 g/mol. The van der Waals surface area contributed by atoms with Crippen molar-refractivity contribution in [3.8, 4) is 0 Å². The normalized spacial score (nSPS) is 14.1. The second-order valence-electron chi connectivity index (χ2n) is 4.39. The number of carbonyl (C=O) groups excluding carboxylic acids is 2. The zero-order valence-electron chi connectivity index (χ0n) is 9.99. The summed E-state index contributed by atoms with van der Waals surface area (Å²) in [6.07, 6.45) is 3.95. The zero-order chi connectivity index (χ0) is 12.4. The standard InChI is InChI=1S/C15H14O2/c1-10(2)7-8-11-9-14(16)12-5-3-4-6-13(12)15(11)17/h3-7,9H,8H2,1-2H3. The first-order chi connectivity index (χ1) is 8.09. The van der Waals surface area contributed by atoms with Gasteiger partial charge in [0.1, 0.15) is 0 Å². The number of Topliss-reactive ketones (excluding diaryl/α,β-unsaturated/α-hetero) is 1. The molecule has 0 fully saturated rings. The minimum atomic E-state index is -0.0719. The topological polar surface area (TPSA) is 34.1 Å². The Morgan fingerprint density at radius 1 is 1.12 bits per heavy atom. The SMILES string of the molecule is CC(C)=CCC1=CC(=O)c2ccccc2C1=O. The molecule has 0 radical (unpaired) electrons. The van der Waals surface area contributed by atoms with Crippen LogP contribution in [0.25, 0.3) is 0 Å². The first kappa shape index (κ1) is 11.5. The molecule has 0 spiro atoms. The van der Waals surface area contributed by atoms with Gasteiger partial charge in [-0.05, 0) is 26.3 Å². The minimum absolute atomic E-state index is 0.0299. The maximum Gasteiger partial charge on any atom is 0.190 e. The molecule has 0 atom stereocenters. The number of benzene rings is 1. The van der Waals surface area contributed by atoms with Crippen LogP contribution in [0.2, 0.25) is 0 Å². The van der Waals surface area contributed by atoms with Gasteiger partial charge in [0.15, 0.2) is 11.6 Å². The predicted octanol–water partition coefficient (Wildman–Crippen LogP) is 3.35. The lowest BCUT2D eigenvalue weighted by Gasteiger charge is -2.13. The van der Waals surface area contributed by atoms with E-state index in [9.17, 15) is 9.59 Å². The Bertz CT molecular complexity index is 544. The molecule has 0 unspecified atom stereocenters. The van der Waals surface area contributed by atoms with Crippen LogP contribution in [0.5, 0.6) is 0 Å². The van der Waals surface area contributed by atoms with E-state index in [0.29, 0.717) is 23.1 Å². The molecule has 17 heavy (non-hydrogen) atoms. The van der Waals surface area contributed by atoms with Crippen LogP contribution >= 0.6 is 0 Å². The molecule has 0 bridgehead atoms. The fourth-order valence-corrected chi connectivity index (χ4v) is 1.84. The lowest BCUT2D eigenvalue weighted by Crippen LogP contribution is -2.16. The van der Waals surface area contributed by atoms with Gasteiger partial charge < -0.3 is 0 Å². The van der Waals surface area contributed by atoms with Crippen LogP contribution in [-0.2, 0) is 0 Å². The van der Waals surface area contributed by atoms with E-state index in [1.54, 1.807) is 24.3 Å². The van der Waals surface area contributed by atoms with Crippen LogP contribution < -0.4 is 0 Å². The third-order valence-electron chi connectivity index (χ3n) is 2.76. The van der Waals surface area contributed by atoms with Crippen LogP contribution in [0.1, 0.15) is 41.0 Å². The molecule has 2 rings (SSSR count). The largest absolute Gasteiger partial charge is 0.289 e. The van der Waals surface area contributed by atoms with Gasteiger partial charge in [-0.3, -0.25) is 9.59 Å². The van der Waals surface area contributed by atoms with Gasteiger partial charge in [0.2, 0.25) is 0 Å². The fourth-order valence-electron chi connectivity index (χ4n) is 1.84. The number of ketones is 2. The third kappa shape index (κ3) is 2.26. The Morgan fingerprint density at radius 2 is 1.76 bits per heavy atom. The summed E-state index contributed by atoms with van der Waals surface area (Å²) in [5.41, 5.74) is 2.76. The first-order valence-corrected chi connectivity index (χ1v) is 5.61. The lowest BCUT2D eigenvalue weighted by atomic mass is 9.88. The van der Waals surface area contributed by atoms with Crippen molar-refractivity contribution in [1.29, 1.82) is 0 Å². The van der Waals surface area contributed by atoms with E-state index < -0.39 is 0 Å². The molecule has 0 saturated heterocycles. The van der Waals surface area contributed by atoms with Gasteiger partial charge in [0.25, 0.3) is 0 Å². The Kier molecular flexibility index (Phi) is 3.05. The molecule has 1 aliphatic carbocycles. The number of rotatable bonds is 2. The van der Waals surface area contributed by atoms with E-state index in [1.807, 2.05) is 19.9 Å². The van der Waals surface area contributed by atoms with Gasteiger partial charge in [0.05, 0.1) is 0 Å². The fraction of sp³-hybridized carbons (Fsp3) is 0.200. The van der Waals surface area contributed by atoms with E-state index in [0.717, 1.165) is 5.57 Å². The van der Waals surface area contributed by atoms with Gasteiger partial charge in [-0.1, -0.05) is 35.9 Å². The number of fused-ring (bicyclic) bond motifs is 1. The Hall–Kier alpha value is -1.96. The van der Waals surface area contributed by atoms with Crippen LogP contribution in [-0.4, -0.2) is 11.6 Å². The number of hydrogen-bond acceptors (Lipinski definition) is 2. The molecule has 0 aliphatic heterocycles. The van der Waals surface area contributed by atoms with Gasteiger partial charge in [-0.2, -0.15) is 0 Å². The monoisotopic (exact) mass is 226 g/mol. The van der Waals surface area contributed by atoms with Crippen LogP contribution in [0.4, 0.5) is 0 Å². The van der Waals surface area contributed by atoms with Gasteiger partial charge in [-0.15, -0.1) is 0 Å². The smallest absolute Gasteiger partial charge is 0.190 e. The van der Waals surface area contributed by atoms with Crippen molar-refractivity contribution in [3.05, 3.63) is 58.7 Å². The third-order valence-corrected chi connectivity index (χ3v) is 2.76. The highest BCUT2D eigenvalue weighted by Gasteiger charge is 2.23. The van der Waals surface area contributed by atoms with Crippen LogP contribution in [0.3, 0.4) is 0 Å². The molecular formula is C15H14O2. The maximum atomic E-state index is 12.1. The van der Waals surface area contributed by atoms with Crippen molar-refractivity contribution in [2.24, 2.45) is 0 Å². The number of carbonyl (C=O) groups is 2. The van der Waals surface area contributed by atoms with Crippen molar-refractivity contribution in [1.82, 2.24) is 0 Å². The summed E-state index contributed by atoms with van der Waals surface area (Å²) >= 11 is 0. The summed E-state index contributed by atoms with van der Waals surface area (Å²) in [4.78, 5) is 24.0. The van der Waals surface area contributed by atoms with E-state index in [1.165, 1.54) is 6.08 Å². The maximum absolute atomic E-state index is 12.1. The average Bonchev–Trinajstić information content (AvgIpc) is 2.32. The quantitative estimate of drug-likeness (QED) is 0.725. The molecule has 0 heterocycles. The molecule has 86 valence electrons. The Morgan fingerprint density at radius 3 is 2.41 bits per heavy atom. The molecule has 1 aromatic carbocycles. The number of hydrogen-bond donors (Lipinski definition) is 0. The number of allylic oxidation sites excluding steroid dienone is 4. The van der Waals surface area contributed by atoms with Gasteiger partial charge >= 0.3 is 0 Å². The molecule has 0 saturated carbocycles. The molecule has 1 aliphatic rings. The summed E-state index contributed by atoms with van der Waals surface area (Å²) < 4.78 is 0. The van der Waals surface area contributed by atoms with Crippen molar-refractivity contribution in [2.45, 2.75) is 20.3 Å². The molecule has 2 heteroatoms. The van der Waals surface area contributed by atoms with E-state index in [2.05, 4.69) is 0 Å². The molecule has 0 aromatic heterocycles. The minimum Gasteiger partial charge on any atom is -0.289 e.